The summed E-state index contributed by atoms with van der Waals surface area (Å²) in [6.07, 6.45) is 4.05. The summed E-state index contributed by atoms with van der Waals surface area (Å²) >= 11 is 0. The van der Waals surface area contributed by atoms with Gasteiger partial charge in [0, 0.05) is 24.6 Å². The Balaban J connectivity index is 1.92. The predicted molar refractivity (Wildman–Crippen MR) is 80.2 cm³/mol. The lowest BCUT2D eigenvalue weighted by molar-refractivity contribution is 0.0951. The first-order chi connectivity index (χ1) is 10.0. The van der Waals surface area contributed by atoms with Crippen molar-refractivity contribution in [2.75, 3.05) is 6.54 Å². The van der Waals surface area contributed by atoms with Crippen molar-refractivity contribution < 1.29 is 4.79 Å². The first-order valence-corrected chi connectivity index (χ1v) is 7.12. The number of nitrogens with one attached hydrogen (secondary N) is 1. The van der Waals surface area contributed by atoms with Crippen molar-refractivity contribution in [2.24, 2.45) is 0 Å². The second-order valence-corrected chi connectivity index (χ2v) is 5.00. The third kappa shape index (κ3) is 3.45. The van der Waals surface area contributed by atoms with Crippen LogP contribution in [-0.4, -0.2) is 32.2 Å². The van der Waals surface area contributed by atoms with Crippen LogP contribution in [0.4, 0.5) is 0 Å². The van der Waals surface area contributed by atoms with Crippen LogP contribution >= 0.6 is 0 Å². The van der Waals surface area contributed by atoms with Crippen molar-refractivity contribution >= 4 is 5.91 Å². The molecule has 0 aliphatic rings. The number of carbonyl (C=O) groups is 1. The molecule has 0 aromatic carbocycles. The topological polar surface area (TPSA) is 72.7 Å². The van der Waals surface area contributed by atoms with Crippen molar-refractivity contribution in [3.8, 4) is 0 Å². The van der Waals surface area contributed by atoms with E-state index in [4.69, 9.17) is 0 Å². The second-order valence-electron chi connectivity index (χ2n) is 5.00. The molecule has 0 spiro atoms. The summed E-state index contributed by atoms with van der Waals surface area (Å²) in [5.41, 5.74) is 3.99. The van der Waals surface area contributed by atoms with Gasteiger partial charge in [-0.05, 0) is 32.8 Å². The fourth-order valence-electron chi connectivity index (χ4n) is 2.35. The van der Waals surface area contributed by atoms with Crippen molar-refractivity contribution in [3.63, 3.8) is 0 Å². The highest BCUT2D eigenvalue weighted by molar-refractivity contribution is 5.93. The maximum atomic E-state index is 11.9. The Hall–Kier alpha value is -2.24. The van der Waals surface area contributed by atoms with E-state index in [0.29, 0.717) is 24.5 Å². The number of nitrogens with zero attached hydrogens (tertiary/aromatic N) is 4. The Morgan fingerprint density at radius 1 is 1.24 bits per heavy atom. The van der Waals surface area contributed by atoms with E-state index in [0.717, 1.165) is 12.1 Å². The van der Waals surface area contributed by atoms with Crippen molar-refractivity contribution in [3.05, 3.63) is 40.7 Å². The minimum Gasteiger partial charge on any atom is -0.350 e. The number of hydrogen-bond donors (Lipinski definition) is 1. The molecule has 0 aliphatic carbocycles. The van der Waals surface area contributed by atoms with E-state index < -0.39 is 0 Å². The van der Waals surface area contributed by atoms with Crippen molar-refractivity contribution in [1.82, 2.24) is 25.1 Å². The first-order valence-electron chi connectivity index (χ1n) is 7.12. The molecule has 0 unspecified atom stereocenters. The van der Waals surface area contributed by atoms with Gasteiger partial charge >= 0.3 is 0 Å². The largest absolute Gasteiger partial charge is 0.350 e. The van der Waals surface area contributed by atoms with Crippen LogP contribution < -0.4 is 5.32 Å². The maximum Gasteiger partial charge on any atom is 0.254 e. The molecule has 0 saturated carbocycles. The van der Waals surface area contributed by atoms with Crippen molar-refractivity contribution in [2.45, 2.75) is 40.7 Å². The molecule has 1 N–H and O–H groups in total. The summed E-state index contributed by atoms with van der Waals surface area (Å²) in [6.45, 7) is 9.18. The van der Waals surface area contributed by atoms with Gasteiger partial charge in [0.25, 0.3) is 5.91 Å². The molecule has 2 aromatic heterocycles. The highest BCUT2D eigenvalue weighted by Crippen LogP contribution is 2.12. The van der Waals surface area contributed by atoms with Crippen LogP contribution in [0.3, 0.4) is 0 Å². The molecule has 6 nitrogen and oxygen atoms in total. The normalized spacial score (nSPS) is 10.7. The van der Waals surface area contributed by atoms with Gasteiger partial charge < -0.3 is 5.32 Å². The Morgan fingerprint density at radius 2 is 1.90 bits per heavy atom. The molecule has 6 heteroatoms. The number of aryl methyl sites for hydroxylation is 2. The van der Waals surface area contributed by atoms with Gasteiger partial charge in [-0.1, -0.05) is 6.92 Å². The molecule has 0 radical (unpaired) electrons. The van der Waals surface area contributed by atoms with Gasteiger partial charge in [-0.3, -0.25) is 9.48 Å². The molecule has 0 aliphatic heterocycles. The molecule has 0 bridgehead atoms. The first kappa shape index (κ1) is 15.2. The monoisotopic (exact) mass is 287 g/mol. The van der Waals surface area contributed by atoms with Gasteiger partial charge in [0.2, 0.25) is 0 Å². The summed E-state index contributed by atoms with van der Waals surface area (Å²) in [4.78, 5) is 20.0. The van der Waals surface area contributed by atoms with E-state index in [2.05, 4.69) is 34.2 Å². The van der Waals surface area contributed by atoms with Crippen LogP contribution in [0.25, 0.3) is 0 Å². The number of aromatic nitrogens is 4. The van der Waals surface area contributed by atoms with Crippen LogP contribution in [0.1, 0.15) is 40.1 Å². The zero-order valence-electron chi connectivity index (χ0n) is 13.0. The molecule has 21 heavy (non-hydrogen) atoms. The van der Waals surface area contributed by atoms with Gasteiger partial charge in [-0.2, -0.15) is 5.10 Å². The average Bonchev–Trinajstić information content (AvgIpc) is 2.73. The fraction of sp³-hybridized carbons (Fsp3) is 0.467. The average molecular weight is 287 g/mol. The third-order valence-electron chi connectivity index (χ3n) is 3.54. The number of amides is 1. The Labute approximate surface area is 124 Å². The van der Waals surface area contributed by atoms with E-state index in [-0.39, 0.29) is 5.91 Å². The van der Waals surface area contributed by atoms with Crippen LogP contribution in [0, 0.1) is 20.8 Å². The van der Waals surface area contributed by atoms with E-state index in [1.54, 1.807) is 6.92 Å². The van der Waals surface area contributed by atoms with E-state index in [9.17, 15) is 4.79 Å². The molecule has 0 fully saturated rings. The zero-order valence-corrected chi connectivity index (χ0v) is 13.0. The molecule has 0 saturated heterocycles. The molecule has 112 valence electrons. The SMILES string of the molecule is CCc1c(C)nn(CCNC(=O)c2cnc(C)nc2)c1C. The molecular weight excluding hydrogens is 266 g/mol. The summed E-state index contributed by atoms with van der Waals surface area (Å²) in [7, 11) is 0. The molecule has 1 amide bonds. The van der Waals surface area contributed by atoms with Crippen molar-refractivity contribution in [1.29, 1.82) is 0 Å². The highest BCUT2D eigenvalue weighted by Gasteiger charge is 2.10. The quantitative estimate of drug-likeness (QED) is 0.906. The summed E-state index contributed by atoms with van der Waals surface area (Å²) < 4.78 is 1.94. The molecular formula is C15H21N5O. The Kier molecular flexibility index (Phi) is 4.67. The van der Waals surface area contributed by atoms with Crippen LogP contribution in [0.2, 0.25) is 0 Å². The second kappa shape index (κ2) is 6.47. The van der Waals surface area contributed by atoms with Crippen LogP contribution in [0.5, 0.6) is 0 Å². The lowest BCUT2D eigenvalue weighted by Gasteiger charge is -2.07. The standard InChI is InChI=1S/C15H21N5O/c1-5-14-10(2)19-20(11(14)3)7-6-16-15(21)13-8-17-12(4)18-9-13/h8-9H,5-7H2,1-4H3,(H,16,21). The lowest BCUT2D eigenvalue weighted by Crippen LogP contribution is -2.28. The van der Waals surface area contributed by atoms with E-state index in [1.807, 2.05) is 11.6 Å². The van der Waals surface area contributed by atoms with Crippen LogP contribution in [-0.2, 0) is 13.0 Å². The lowest BCUT2D eigenvalue weighted by atomic mass is 10.1. The highest BCUT2D eigenvalue weighted by atomic mass is 16.1. The minimum atomic E-state index is -0.160. The summed E-state index contributed by atoms with van der Waals surface area (Å²) in [6, 6.07) is 0. The zero-order chi connectivity index (χ0) is 15.4. The summed E-state index contributed by atoms with van der Waals surface area (Å²) in [5, 5.41) is 7.36. The Morgan fingerprint density at radius 3 is 2.48 bits per heavy atom. The third-order valence-corrected chi connectivity index (χ3v) is 3.54. The van der Waals surface area contributed by atoms with Gasteiger partial charge in [0.1, 0.15) is 5.82 Å². The number of rotatable bonds is 5. The Bertz CT molecular complexity index is 630. The fourth-order valence-corrected chi connectivity index (χ4v) is 2.35. The van der Waals surface area contributed by atoms with E-state index >= 15 is 0 Å². The van der Waals surface area contributed by atoms with Gasteiger partial charge in [0.15, 0.2) is 0 Å². The number of hydrogen-bond acceptors (Lipinski definition) is 4. The molecule has 2 rings (SSSR count). The maximum absolute atomic E-state index is 11.9. The minimum absolute atomic E-state index is 0.160. The van der Waals surface area contributed by atoms with Gasteiger partial charge in [-0.15, -0.1) is 0 Å². The van der Waals surface area contributed by atoms with Gasteiger partial charge in [0.05, 0.1) is 17.8 Å². The predicted octanol–water partition coefficient (Wildman–Crippen LogP) is 1.59. The van der Waals surface area contributed by atoms with E-state index in [1.165, 1.54) is 23.7 Å². The van der Waals surface area contributed by atoms with Gasteiger partial charge in [-0.25, -0.2) is 9.97 Å². The molecule has 2 aromatic rings. The van der Waals surface area contributed by atoms with Crippen LogP contribution in [0.15, 0.2) is 12.4 Å². The summed E-state index contributed by atoms with van der Waals surface area (Å²) in [5.74, 6) is 0.494. The smallest absolute Gasteiger partial charge is 0.254 e. The molecule has 0 atom stereocenters. The molecule has 2 heterocycles. The number of carbonyl (C=O) groups excluding carboxylic acids is 1.